The number of aliphatic hydroxyl groups is 1. The van der Waals surface area contributed by atoms with Gasteiger partial charge in [0.25, 0.3) is 0 Å². The first-order chi connectivity index (χ1) is 7.50. The predicted molar refractivity (Wildman–Crippen MR) is 63.9 cm³/mol. The Bertz CT molecular complexity index is 235. The molecule has 1 aliphatic rings. The number of carbonyl (C=O) groups excluding carboxylic acids is 1. The summed E-state index contributed by atoms with van der Waals surface area (Å²) in [7, 11) is 0. The molecule has 4 nitrogen and oxygen atoms in total. The third-order valence-electron chi connectivity index (χ3n) is 3.67. The fourth-order valence-corrected chi connectivity index (χ4v) is 2.08. The molecule has 0 aromatic rings. The van der Waals surface area contributed by atoms with Crippen molar-refractivity contribution >= 4 is 5.91 Å². The van der Waals surface area contributed by atoms with E-state index in [1.807, 2.05) is 6.92 Å². The number of hydrogen-bond acceptors (Lipinski definition) is 3. The monoisotopic (exact) mass is 228 g/mol. The number of carbonyl (C=O) groups is 1. The molecule has 16 heavy (non-hydrogen) atoms. The van der Waals surface area contributed by atoms with Crippen molar-refractivity contribution in [3.8, 4) is 0 Å². The average Bonchev–Trinajstić information content (AvgIpc) is 2.29. The van der Waals surface area contributed by atoms with Gasteiger partial charge < -0.3 is 16.2 Å². The zero-order valence-electron chi connectivity index (χ0n) is 10.3. The first-order valence-electron chi connectivity index (χ1n) is 6.23. The van der Waals surface area contributed by atoms with Crippen LogP contribution in [0.3, 0.4) is 0 Å². The summed E-state index contributed by atoms with van der Waals surface area (Å²) >= 11 is 0. The Morgan fingerprint density at radius 3 is 2.56 bits per heavy atom. The molecule has 0 radical (unpaired) electrons. The first-order valence-corrected chi connectivity index (χ1v) is 6.23. The maximum absolute atomic E-state index is 11.8. The maximum atomic E-state index is 11.8. The SMILES string of the molecule is CCC(C)NC(=O)C1CCC(O)(CN)CC1. The topological polar surface area (TPSA) is 75.3 Å². The Morgan fingerprint density at radius 2 is 2.12 bits per heavy atom. The summed E-state index contributed by atoms with van der Waals surface area (Å²) < 4.78 is 0. The molecule has 1 atom stereocenters. The summed E-state index contributed by atoms with van der Waals surface area (Å²) in [6.45, 7) is 4.36. The van der Waals surface area contributed by atoms with Gasteiger partial charge in [-0.25, -0.2) is 0 Å². The van der Waals surface area contributed by atoms with Gasteiger partial charge in [0.15, 0.2) is 0 Å². The van der Waals surface area contributed by atoms with E-state index in [4.69, 9.17) is 5.73 Å². The lowest BCUT2D eigenvalue weighted by Crippen LogP contribution is -2.45. The Hall–Kier alpha value is -0.610. The second-order valence-electron chi connectivity index (χ2n) is 5.02. The molecule has 0 heterocycles. The second kappa shape index (κ2) is 5.64. The lowest BCUT2D eigenvalue weighted by atomic mass is 9.78. The molecule has 4 heteroatoms. The van der Waals surface area contributed by atoms with Gasteiger partial charge in [0.05, 0.1) is 5.60 Å². The van der Waals surface area contributed by atoms with Gasteiger partial charge in [0.1, 0.15) is 0 Å². The first kappa shape index (κ1) is 13.5. The molecule has 1 unspecified atom stereocenters. The highest BCUT2D eigenvalue weighted by Gasteiger charge is 2.34. The highest BCUT2D eigenvalue weighted by Crippen LogP contribution is 2.31. The Kier molecular flexibility index (Phi) is 4.74. The van der Waals surface area contributed by atoms with Gasteiger partial charge in [-0.15, -0.1) is 0 Å². The predicted octanol–water partition coefficient (Wildman–Crippen LogP) is 0.781. The van der Waals surface area contributed by atoms with Crippen LogP contribution in [0.4, 0.5) is 0 Å². The van der Waals surface area contributed by atoms with Gasteiger partial charge in [-0.2, -0.15) is 0 Å². The molecular formula is C12H24N2O2. The van der Waals surface area contributed by atoms with E-state index in [-0.39, 0.29) is 17.9 Å². The molecule has 0 aliphatic heterocycles. The van der Waals surface area contributed by atoms with E-state index in [2.05, 4.69) is 12.2 Å². The van der Waals surface area contributed by atoms with Gasteiger partial charge in [-0.3, -0.25) is 4.79 Å². The zero-order valence-corrected chi connectivity index (χ0v) is 10.3. The van der Waals surface area contributed by atoms with Crippen LogP contribution in [0, 0.1) is 5.92 Å². The van der Waals surface area contributed by atoms with Crippen molar-refractivity contribution in [2.75, 3.05) is 6.54 Å². The Morgan fingerprint density at radius 1 is 1.56 bits per heavy atom. The summed E-state index contributed by atoms with van der Waals surface area (Å²) in [6.07, 6.45) is 3.72. The van der Waals surface area contributed by atoms with E-state index < -0.39 is 5.60 Å². The number of nitrogens with two attached hydrogens (primary N) is 1. The summed E-state index contributed by atoms with van der Waals surface area (Å²) in [5, 5.41) is 12.9. The number of nitrogens with one attached hydrogen (secondary N) is 1. The Labute approximate surface area is 97.6 Å². The van der Waals surface area contributed by atoms with E-state index in [1.165, 1.54) is 0 Å². The molecule has 0 aromatic carbocycles. The van der Waals surface area contributed by atoms with Crippen molar-refractivity contribution in [2.45, 2.75) is 57.6 Å². The highest BCUT2D eigenvalue weighted by molar-refractivity contribution is 5.79. The minimum absolute atomic E-state index is 0.0563. The van der Waals surface area contributed by atoms with E-state index in [9.17, 15) is 9.90 Å². The fraction of sp³-hybridized carbons (Fsp3) is 0.917. The van der Waals surface area contributed by atoms with Gasteiger partial charge in [-0.05, 0) is 39.0 Å². The molecule has 94 valence electrons. The van der Waals surface area contributed by atoms with E-state index in [1.54, 1.807) is 0 Å². The van der Waals surface area contributed by atoms with Crippen LogP contribution < -0.4 is 11.1 Å². The van der Waals surface area contributed by atoms with Gasteiger partial charge in [-0.1, -0.05) is 6.92 Å². The minimum atomic E-state index is -0.729. The third kappa shape index (κ3) is 3.46. The molecule has 0 saturated heterocycles. The molecule has 1 aliphatic carbocycles. The van der Waals surface area contributed by atoms with E-state index >= 15 is 0 Å². The van der Waals surface area contributed by atoms with Crippen LogP contribution in [0.5, 0.6) is 0 Å². The number of rotatable bonds is 4. The maximum Gasteiger partial charge on any atom is 0.223 e. The average molecular weight is 228 g/mol. The summed E-state index contributed by atoms with van der Waals surface area (Å²) in [5.41, 5.74) is 4.78. The van der Waals surface area contributed by atoms with Crippen molar-refractivity contribution in [1.29, 1.82) is 0 Å². The molecule has 0 bridgehead atoms. The quantitative estimate of drug-likeness (QED) is 0.665. The van der Waals surface area contributed by atoms with Crippen LogP contribution in [0.2, 0.25) is 0 Å². The fourth-order valence-electron chi connectivity index (χ4n) is 2.08. The second-order valence-corrected chi connectivity index (χ2v) is 5.02. The molecule has 1 amide bonds. The van der Waals surface area contributed by atoms with Crippen molar-refractivity contribution in [1.82, 2.24) is 5.32 Å². The molecule has 1 rings (SSSR count). The van der Waals surface area contributed by atoms with Crippen LogP contribution in [-0.2, 0) is 4.79 Å². The van der Waals surface area contributed by atoms with Crippen molar-refractivity contribution in [2.24, 2.45) is 11.7 Å². The third-order valence-corrected chi connectivity index (χ3v) is 3.67. The van der Waals surface area contributed by atoms with Crippen LogP contribution >= 0.6 is 0 Å². The smallest absolute Gasteiger partial charge is 0.223 e. The van der Waals surface area contributed by atoms with Crippen LogP contribution in [0.15, 0.2) is 0 Å². The molecule has 4 N–H and O–H groups in total. The van der Waals surface area contributed by atoms with Crippen molar-refractivity contribution < 1.29 is 9.90 Å². The van der Waals surface area contributed by atoms with Crippen molar-refractivity contribution in [3.05, 3.63) is 0 Å². The molecular weight excluding hydrogens is 204 g/mol. The van der Waals surface area contributed by atoms with Gasteiger partial charge in [0.2, 0.25) is 5.91 Å². The van der Waals surface area contributed by atoms with Crippen LogP contribution in [0.25, 0.3) is 0 Å². The summed E-state index contributed by atoms with van der Waals surface area (Å²) in [4.78, 5) is 11.8. The van der Waals surface area contributed by atoms with E-state index in [0.29, 0.717) is 19.4 Å². The lowest BCUT2D eigenvalue weighted by Gasteiger charge is -2.34. The van der Waals surface area contributed by atoms with Crippen LogP contribution in [-0.4, -0.2) is 29.2 Å². The van der Waals surface area contributed by atoms with E-state index in [0.717, 1.165) is 19.3 Å². The minimum Gasteiger partial charge on any atom is -0.389 e. The zero-order chi connectivity index (χ0) is 12.2. The molecule has 1 saturated carbocycles. The van der Waals surface area contributed by atoms with Crippen LogP contribution in [0.1, 0.15) is 46.0 Å². The summed E-state index contributed by atoms with van der Waals surface area (Å²) in [6, 6.07) is 0.239. The number of amides is 1. The Balaban J connectivity index is 2.39. The summed E-state index contributed by atoms with van der Waals surface area (Å²) in [5.74, 6) is 0.189. The molecule has 0 aromatic heterocycles. The largest absolute Gasteiger partial charge is 0.389 e. The van der Waals surface area contributed by atoms with Crippen molar-refractivity contribution in [3.63, 3.8) is 0 Å². The number of hydrogen-bond donors (Lipinski definition) is 3. The van der Waals surface area contributed by atoms with Gasteiger partial charge >= 0.3 is 0 Å². The highest BCUT2D eigenvalue weighted by atomic mass is 16.3. The molecule has 1 fully saturated rings. The standard InChI is InChI=1S/C12H24N2O2/c1-3-9(2)14-11(15)10-4-6-12(16,8-13)7-5-10/h9-10,16H,3-8,13H2,1-2H3,(H,14,15). The van der Waals surface area contributed by atoms with Gasteiger partial charge in [0, 0.05) is 18.5 Å². The lowest BCUT2D eigenvalue weighted by molar-refractivity contribution is -0.128. The molecule has 0 spiro atoms. The normalized spacial score (nSPS) is 32.1.